The molecule has 0 bridgehead atoms. The standard InChI is InChI=1S/C16H15NO2/c1-2-16(18)17-14-10-6-7-11-15(14)19-12-13-8-4-3-5-9-13/h2-11H,1,12H2,(H,17,18). The maximum atomic E-state index is 11.3. The zero-order valence-corrected chi connectivity index (χ0v) is 10.5. The van der Waals surface area contributed by atoms with Crippen LogP contribution >= 0.6 is 0 Å². The maximum absolute atomic E-state index is 11.3. The first kappa shape index (κ1) is 12.9. The van der Waals surface area contributed by atoms with Crippen LogP contribution in [0.4, 0.5) is 5.69 Å². The largest absolute Gasteiger partial charge is 0.487 e. The number of amides is 1. The van der Waals surface area contributed by atoms with Crippen molar-refractivity contribution < 1.29 is 9.53 Å². The van der Waals surface area contributed by atoms with Gasteiger partial charge < -0.3 is 10.1 Å². The van der Waals surface area contributed by atoms with Crippen molar-refractivity contribution in [3.05, 3.63) is 72.8 Å². The van der Waals surface area contributed by atoms with Crippen LogP contribution < -0.4 is 10.1 Å². The number of hydrogen-bond acceptors (Lipinski definition) is 2. The lowest BCUT2D eigenvalue weighted by atomic mass is 10.2. The number of para-hydroxylation sites is 2. The second-order valence-electron chi connectivity index (χ2n) is 3.96. The molecule has 0 radical (unpaired) electrons. The van der Waals surface area contributed by atoms with Gasteiger partial charge in [-0.3, -0.25) is 4.79 Å². The van der Waals surface area contributed by atoms with E-state index in [4.69, 9.17) is 4.74 Å². The number of nitrogens with one attached hydrogen (secondary N) is 1. The van der Waals surface area contributed by atoms with Gasteiger partial charge in [0.1, 0.15) is 12.4 Å². The predicted octanol–water partition coefficient (Wildman–Crippen LogP) is 3.39. The highest BCUT2D eigenvalue weighted by atomic mass is 16.5. The van der Waals surface area contributed by atoms with Crippen LogP contribution in [0, 0.1) is 0 Å². The summed E-state index contributed by atoms with van der Waals surface area (Å²) in [4.78, 5) is 11.3. The third-order valence-electron chi connectivity index (χ3n) is 2.57. The van der Waals surface area contributed by atoms with Crippen molar-refractivity contribution in [3.8, 4) is 5.75 Å². The maximum Gasteiger partial charge on any atom is 0.247 e. The molecule has 1 N–H and O–H groups in total. The number of carbonyl (C=O) groups is 1. The highest BCUT2D eigenvalue weighted by molar-refractivity contribution is 5.99. The Hall–Kier alpha value is -2.55. The Morgan fingerprint density at radius 2 is 1.79 bits per heavy atom. The van der Waals surface area contributed by atoms with E-state index in [-0.39, 0.29) is 5.91 Å². The first-order valence-electron chi connectivity index (χ1n) is 5.99. The fourth-order valence-electron chi connectivity index (χ4n) is 1.61. The van der Waals surface area contributed by atoms with Crippen molar-refractivity contribution in [1.82, 2.24) is 0 Å². The summed E-state index contributed by atoms with van der Waals surface area (Å²) in [6.07, 6.45) is 1.23. The molecule has 19 heavy (non-hydrogen) atoms. The highest BCUT2D eigenvalue weighted by Gasteiger charge is 2.05. The first-order valence-corrected chi connectivity index (χ1v) is 5.99. The van der Waals surface area contributed by atoms with E-state index in [1.165, 1.54) is 6.08 Å². The van der Waals surface area contributed by atoms with E-state index in [1.807, 2.05) is 48.5 Å². The molecule has 0 saturated heterocycles. The van der Waals surface area contributed by atoms with E-state index in [0.29, 0.717) is 18.0 Å². The Morgan fingerprint density at radius 1 is 1.11 bits per heavy atom. The van der Waals surface area contributed by atoms with E-state index < -0.39 is 0 Å². The lowest BCUT2D eigenvalue weighted by Crippen LogP contribution is -2.09. The molecule has 2 aromatic rings. The molecule has 2 rings (SSSR count). The third-order valence-corrected chi connectivity index (χ3v) is 2.57. The molecule has 0 aromatic heterocycles. The normalized spacial score (nSPS) is 9.68. The van der Waals surface area contributed by atoms with Gasteiger partial charge in [-0.1, -0.05) is 49.0 Å². The number of anilines is 1. The molecular weight excluding hydrogens is 238 g/mol. The van der Waals surface area contributed by atoms with Crippen molar-refractivity contribution in [2.24, 2.45) is 0 Å². The van der Waals surface area contributed by atoms with Gasteiger partial charge in [0.2, 0.25) is 5.91 Å². The zero-order valence-electron chi connectivity index (χ0n) is 10.5. The number of rotatable bonds is 5. The summed E-state index contributed by atoms with van der Waals surface area (Å²) in [5.41, 5.74) is 1.72. The van der Waals surface area contributed by atoms with Gasteiger partial charge >= 0.3 is 0 Å². The Bertz CT molecular complexity index is 564. The van der Waals surface area contributed by atoms with Gasteiger partial charge in [-0.2, -0.15) is 0 Å². The van der Waals surface area contributed by atoms with Crippen LogP contribution in [0.5, 0.6) is 5.75 Å². The van der Waals surface area contributed by atoms with Crippen molar-refractivity contribution in [1.29, 1.82) is 0 Å². The molecule has 2 aromatic carbocycles. The second kappa shape index (κ2) is 6.40. The highest BCUT2D eigenvalue weighted by Crippen LogP contribution is 2.24. The van der Waals surface area contributed by atoms with Gasteiger partial charge in [-0.05, 0) is 23.8 Å². The summed E-state index contributed by atoms with van der Waals surface area (Å²) in [5, 5.41) is 2.71. The van der Waals surface area contributed by atoms with E-state index in [2.05, 4.69) is 11.9 Å². The lowest BCUT2D eigenvalue weighted by Gasteiger charge is -2.11. The summed E-state index contributed by atoms with van der Waals surface area (Å²) in [5.74, 6) is 0.386. The average Bonchev–Trinajstić information content (AvgIpc) is 2.47. The molecular formula is C16H15NO2. The van der Waals surface area contributed by atoms with Crippen LogP contribution in [0.2, 0.25) is 0 Å². The number of benzene rings is 2. The fraction of sp³-hybridized carbons (Fsp3) is 0.0625. The zero-order chi connectivity index (χ0) is 13.5. The molecule has 3 heteroatoms. The SMILES string of the molecule is C=CC(=O)Nc1ccccc1OCc1ccccc1. The van der Waals surface area contributed by atoms with E-state index in [9.17, 15) is 4.79 Å². The Morgan fingerprint density at radius 3 is 2.53 bits per heavy atom. The van der Waals surface area contributed by atoms with E-state index >= 15 is 0 Å². The Balaban J connectivity index is 2.07. The Labute approximate surface area is 112 Å². The van der Waals surface area contributed by atoms with Crippen LogP contribution in [-0.2, 0) is 11.4 Å². The summed E-state index contributed by atoms with van der Waals surface area (Å²) < 4.78 is 5.72. The molecule has 0 heterocycles. The third kappa shape index (κ3) is 3.71. The molecule has 96 valence electrons. The van der Waals surface area contributed by atoms with Gasteiger partial charge in [0.05, 0.1) is 5.69 Å². The minimum absolute atomic E-state index is 0.254. The molecule has 0 aliphatic heterocycles. The summed E-state index contributed by atoms with van der Waals surface area (Å²) in [6, 6.07) is 17.2. The monoisotopic (exact) mass is 253 g/mol. The lowest BCUT2D eigenvalue weighted by molar-refractivity contribution is -0.111. The van der Waals surface area contributed by atoms with Crippen molar-refractivity contribution in [2.45, 2.75) is 6.61 Å². The molecule has 3 nitrogen and oxygen atoms in total. The number of ether oxygens (including phenoxy) is 1. The minimum atomic E-state index is -0.254. The summed E-state index contributed by atoms with van der Waals surface area (Å²) in [7, 11) is 0. The minimum Gasteiger partial charge on any atom is -0.487 e. The van der Waals surface area contributed by atoms with Crippen LogP contribution in [0.25, 0.3) is 0 Å². The van der Waals surface area contributed by atoms with Crippen LogP contribution in [0.1, 0.15) is 5.56 Å². The van der Waals surface area contributed by atoms with Crippen molar-refractivity contribution in [3.63, 3.8) is 0 Å². The van der Waals surface area contributed by atoms with E-state index in [0.717, 1.165) is 5.56 Å². The summed E-state index contributed by atoms with van der Waals surface area (Å²) >= 11 is 0. The van der Waals surface area contributed by atoms with Gasteiger partial charge in [0, 0.05) is 0 Å². The van der Waals surface area contributed by atoms with Crippen molar-refractivity contribution >= 4 is 11.6 Å². The van der Waals surface area contributed by atoms with Gasteiger partial charge in [0.25, 0.3) is 0 Å². The smallest absolute Gasteiger partial charge is 0.247 e. The average molecular weight is 253 g/mol. The van der Waals surface area contributed by atoms with Gasteiger partial charge in [-0.25, -0.2) is 0 Å². The van der Waals surface area contributed by atoms with E-state index in [1.54, 1.807) is 6.07 Å². The number of carbonyl (C=O) groups excluding carboxylic acids is 1. The summed E-state index contributed by atoms with van der Waals surface area (Å²) in [6.45, 7) is 3.89. The van der Waals surface area contributed by atoms with Crippen LogP contribution in [-0.4, -0.2) is 5.91 Å². The first-order chi connectivity index (χ1) is 9.29. The van der Waals surface area contributed by atoms with Gasteiger partial charge in [-0.15, -0.1) is 0 Å². The molecule has 0 aliphatic rings. The molecule has 0 aliphatic carbocycles. The van der Waals surface area contributed by atoms with Gasteiger partial charge in [0.15, 0.2) is 0 Å². The van der Waals surface area contributed by atoms with Crippen LogP contribution in [0.15, 0.2) is 67.3 Å². The van der Waals surface area contributed by atoms with Crippen LogP contribution in [0.3, 0.4) is 0 Å². The fourth-order valence-corrected chi connectivity index (χ4v) is 1.61. The topological polar surface area (TPSA) is 38.3 Å². The molecule has 1 amide bonds. The molecule has 0 saturated carbocycles. The molecule has 0 unspecified atom stereocenters. The van der Waals surface area contributed by atoms with Crippen molar-refractivity contribution in [2.75, 3.05) is 5.32 Å². The Kier molecular flexibility index (Phi) is 4.34. The molecule has 0 spiro atoms. The number of hydrogen-bond donors (Lipinski definition) is 1. The second-order valence-corrected chi connectivity index (χ2v) is 3.96. The molecule has 0 atom stereocenters. The predicted molar refractivity (Wildman–Crippen MR) is 76.0 cm³/mol. The molecule has 0 fully saturated rings. The quantitative estimate of drug-likeness (QED) is 0.829.